The van der Waals surface area contributed by atoms with Crippen molar-refractivity contribution in [2.75, 3.05) is 0 Å². The van der Waals surface area contributed by atoms with Crippen LogP contribution in [0.2, 0.25) is 0 Å². The molecule has 0 radical (unpaired) electrons. The number of rotatable bonds is 3. The first-order valence-electron chi connectivity index (χ1n) is 6.59. The average molecular weight is 285 g/mol. The van der Waals surface area contributed by atoms with E-state index in [2.05, 4.69) is 37.9 Å². The van der Waals surface area contributed by atoms with E-state index in [0.29, 0.717) is 5.56 Å². The molecule has 0 aliphatic heterocycles. The molecule has 3 heteroatoms. The molecule has 1 heterocycles. The van der Waals surface area contributed by atoms with E-state index >= 15 is 0 Å². The van der Waals surface area contributed by atoms with Crippen LogP contribution in [0.3, 0.4) is 0 Å². The maximum atomic E-state index is 11.9. The van der Waals surface area contributed by atoms with Gasteiger partial charge in [-0.2, -0.15) is 0 Å². The average Bonchev–Trinajstić information content (AvgIpc) is 2.40. The zero-order valence-electron chi connectivity index (χ0n) is 12.0. The van der Waals surface area contributed by atoms with Crippen LogP contribution in [0.4, 0.5) is 0 Å². The minimum absolute atomic E-state index is 0.0111. The van der Waals surface area contributed by atoms with Gasteiger partial charge in [0.25, 0.3) is 0 Å². The highest BCUT2D eigenvalue weighted by Gasteiger charge is 2.18. The van der Waals surface area contributed by atoms with Gasteiger partial charge in [0.1, 0.15) is 0 Å². The van der Waals surface area contributed by atoms with Gasteiger partial charge in [0.05, 0.1) is 0 Å². The summed E-state index contributed by atoms with van der Waals surface area (Å²) in [6.45, 7) is 6.48. The molecule has 1 aromatic carbocycles. The van der Waals surface area contributed by atoms with Gasteiger partial charge in [0.15, 0.2) is 5.43 Å². The monoisotopic (exact) mass is 285 g/mol. The van der Waals surface area contributed by atoms with Gasteiger partial charge in [-0.05, 0) is 28.5 Å². The Morgan fingerprint density at radius 3 is 2.45 bits per heavy atom. The van der Waals surface area contributed by atoms with Crippen molar-refractivity contribution in [3.05, 3.63) is 69.5 Å². The number of benzene rings is 1. The standard InChI is InChI=1S/C17H19NOS/c1-17(2,3)16(20-14-7-5-4-6-8-14)11-13-12-18-10-9-15(13)19/h4-12H,1-3H3,(H,18,19). The van der Waals surface area contributed by atoms with Gasteiger partial charge in [-0.3, -0.25) is 4.79 Å². The Bertz CT molecular complexity index is 650. The fraction of sp³-hybridized carbons (Fsp3) is 0.235. The largest absolute Gasteiger partial charge is 0.367 e. The molecule has 0 spiro atoms. The number of pyridine rings is 1. The van der Waals surface area contributed by atoms with E-state index in [1.807, 2.05) is 24.3 Å². The molecule has 0 bridgehead atoms. The Balaban J connectivity index is 2.39. The summed E-state index contributed by atoms with van der Waals surface area (Å²) in [5.74, 6) is 0. The highest BCUT2D eigenvalue weighted by atomic mass is 32.2. The third kappa shape index (κ3) is 3.87. The molecular formula is C17H19NOS. The Kier molecular flexibility index (Phi) is 4.50. The van der Waals surface area contributed by atoms with Crippen LogP contribution in [0, 0.1) is 5.41 Å². The van der Waals surface area contributed by atoms with Gasteiger partial charge in [-0.1, -0.05) is 50.7 Å². The Hall–Kier alpha value is -1.74. The summed E-state index contributed by atoms with van der Waals surface area (Å²) in [7, 11) is 0. The highest BCUT2D eigenvalue weighted by Crippen LogP contribution is 2.39. The van der Waals surface area contributed by atoms with Crippen molar-refractivity contribution >= 4 is 17.8 Å². The smallest absolute Gasteiger partial charge is 0.188 e. The van der Waals surface area contributed by atoms with Crippen LogP contribution in [-0.2, 0) is 0 Å². The van der Waals surface area contributed by atoms with Crippen molar-refractivity contribution in [3.63, 3.8) is 0 Å². The zero-order valence-corrected chi connectivity index (χ0v) is 12.8. The molecule has 0 saturated heterocycles. The zero-order chi connectivity index (χ0) is 14.6. The van der Waals surface area contributed by atoms with Gasteiger partial charge >= 0.3 is 0 Å². The van der Waals surface area contributed by atoms with Crippen LogP contribution in [-0.4, -0.2) is 4.98 Å². The van der Waals surface area contributed by atoms with E-state index in [4.69, 9.17) is 0 Å². The fourth-order valence-corrected chi connectivity index (χ4v) is 2.74. The molecule has 2 rings (SSSR count). The topological polar surface area (TPSA) is 32.9 Å². The molecule has 0 atom stereocenters. The molecule has 0 saturated carbocycles. The van der Waals surface area contributed by atoms with Crippen molar-refractivity contribution < 1.29 is 0 Å². The van der Waals surface area contributed by atoms with Gasteiger partial charge < -0.3 is 4.98 Å². The maximum absolute atomic E-state index is 11.9. The number of H-pyrrole nitrogens is 1. The van der Waals surface area contributed by atoms with E-state index in [1.165, 1.54) is 9.80 Å². The van der Waals surface area contributed by atoms with Gasteiger partial charge in [0, 0.05) is 28.9 Å². The Labute approximate surface area is 123 Å². The molecule has 0 aliphatic rings. The summed E-state index contributed by atoms with van der Waals surface area (Å²) >= 11 is 1.71. The van der Waals surface area contributed by atoms with Crippen LogP contribution in [0.15, 0.2) is 63.4 Å². The van der Waals surface area contributed by atoms with Crippen molar-refractivity contribution in [1.29, 1.82) is 0 Å². The summed E-state index contributed by atoms with van der Waals surface area (Å²) in [6.07, 6.45) is 5.39. The van der Waals surface area contributed by atoms with Crippen LogP contribution in [0.25, 0.3) is 6.08 Å². The number of thioether (sulfide) groups is 1. The second-order valence-corrected chi connectivity index (χ2v) is 6.75. The number of aromatic amines is 1. The van der Waals surface area contributed by atoms with Crippen LogP contribution in [0.5, 0.6) is 0 Å². The van der Waals surface area contributed by atoms with Gasteiger partial charge in [-0.15, -0.1) is 0 Å². The number of hydrogen-bond donors (Lipinski definition) is 1. The minimum atomic E-state index is -0.0111. The first kappa shape index (κ1) is 14.7. The van der Waals surface area contributed by atoms with E-state index in [9.17, 15) is 4.79 Å². The van der Waals surface area contributed by atoms with Gasteiger partial charge in [0.2, 0.25) is 0 Å². The van der Waals surface area contributed by atoms with E-state index < -0.39 is 0 Å². The molecule has 0 fully saturated rings. The van der Waals surface area contributed by atoms with Crippen LogP contribution >= 0.6 is 11.8 Å². The number of allylic oxidation sites excluding steroid dienone is 1. The minimum Gasteiger partial charge on any atom is -0.367 e. The van der Waals surface area contributed by atoms with E-state index in [0.717, 1.165) is 0 Å². The molecule has 0 amide bonds. The predicted octanol–water partition coefficient (Wildman–Crippen LogP) is 4.55. The van der Waals surface area contributed by atoms with E-state index in [-0.39, 0.29) is 10.8 Å². The van der Waals surface area contributed by atoms with Crippen molar-refractivity contribution in [1.82, 2.24) is 4.98 Å². The quantitative estimate of drug-likeness (QED) is 0.839. The Morgan fingerprint density at radius 1 is 1.15 bits per heavy atom. The lowest BCUT2D eigenvalue weighted by atomic mass is 9.95. The fourth-order valence-electron chi connectivity index (χ4n) is 1.70. The third-order valence-corrected chi connectivity index (χ3v) is 4.31. The van der Waals surface area contributed by atoms with Crippen LogP contribution in [0.1, 0.15) is 26.3 Å². The van der Waals surface area contributed by atoms with Gasteiger partial charge in [-0.25, -0.2) is 0 Å². The summed E-state index contributed by atoms with van der Waals surface area (Å²) in [5.41, 5.74) is 0.725. The van der Waals surface area contributed by atoms with Crippen LogP contribution < -0.4 is 5.43 Å². The lowest BCUT2D eigenvalue weighted by Gasteiger charge is -2.22. The molecule has 104 valence electrons. The molecule has 0 unspecified atom stereocenters. The van der Waals surface area contributed by atoms with Crippen molar-refractivity contribution in [3.8, 4) is 0 Å². The second-order valence-electron chi connectivity index (χ2n) is 5.64. The molecule has 2 nitrogen and oxygen atoms in total. The summed E-state index contributed by atoms with van der Waals surface area (Å²) in [5, 5.41) is 0. The SMILES string of the molecule is CC(C)(C)C(=Cc1c[nH]ccc1=O)Sc1ccccc1. The number of aromatic nitrogens is 1. The lowest BCUT2D eigenvalue weighted by molar-refractivity contribution is 0.536. The lowest BCUT2D eigenvalue weighted by Crippen LogP contribution is -2.09. The first-order valence-corrected chi connectivity index (χ1v) is 7.40. The number of hydrogen-bond acceptors (Lipinski definition) is 2. The molecule has 1 aromatic heterocycles. The van der Waals surface area contributed by atoms with E-state index in [1.54, 1.807) is 30.2 Å². The molecule has 0 aliphatic carbocycles. The Morgan fingerprint density at radius 2 is 1.85 bits per heavy atom. The van der Waals surface area contributed by atoms with Crippen molar-refractivity contribution in [2.24, 2.45) is 5.41 Å². The van der Waals surface area contributed by atoms with Crippen molar-refractivity contribution in [2.45, 2.75) is 25.7 Å². The molecule has 1 N–H and O–H groups in total. The number of nitrogens with one attached hydrogen (secondary N) is 1. The molecule has 20 heavy (non-hydrogen) atoms. The third-order valence-electron chi connectivity index (χ3n) is 2.85. The highest BCUT2D eigenvalue weighted by molar-refractivity contribution is 8.03. The summed E-state index contributed by atoms with van der Waals surface area (Å²) in [4.78, 5) is 17.2. The maximum Gasteiger partial charge on any atom is 0.188 e. The molecular weight excluding hydrogens is 266 g/mol. The molecule has 2 aromatic rings. The predicted molar refractivity (Wildman–Crippen MR) is 86.8 cm³/mol. The normalized spacial score (nSPS) is 12.4. The summed E-state index contributed by atoms with van der Waals surface area (Å²) in [6, 6.07) is 11.8. The first-order chi connectivity index (χ1) is 9.47. The summed E-state index contributed by atoms with van der Waals surface area (Å²) < 4.78 is 0. The second kappa shape index (κ2) is 6.14.